The summed E-state index contributed by atoms with van der Waals surface area (Å²) >= 11 is 0. The summed E-state index contributed by atoms with van der Waals surface area (Å²) in [7, 11) is 0. The van der Waals surface area contributed by atoms with Crippen molar-refractivity contribution in [3.63, 3.8) is 0 Å². The van der Waals surface area contributed by atoms with Gasteiger partial charge in [-0.1, -0.05) is 43.2 Å². The lowest BCUT2D eigenvalue weighted by molar-refractivity contribution is -0.121. The van der Waals surface area contributed by atoms with E-state index in [4.69, 9.17) is 0 Å². The van der Waals surface area contributed by atoms with Gasteiger partial charge in [0, 0.05) is 31.7 Å². The summed E-state index contributed by atoms with van der Waals surface area (Å²) in [5, 5.41) is 15.6. The summed E-state index contributed by atoms with van der Waals surface area (Å²) in [6, 6.07) is 10.6. The van der Waals surface area contributed by atoms with Crippen LogP contribution in [0.5, 0.6) is 0 Å². The highest BCUT2D eigenvalue weighted by atomic mass is 16.3. The number of benzene rings is 1. The number of rotatable bonds is 8. The van der Waals surface area contributed by atoms with Gasteiger partial charge < -0.3 is 15.7 Å². The molecule has 21 heavy (non-hydrogen) atoms. The summed E-state index contributed by atoms with van der Waals surface area (Å²) < 4.78 is 0. The van der Waals surface area contributed by atoms with Crippen molar-refractivity contribution >= 4 is 5.91 Å². The molecule has 4 nitrogen and oxygen atoms in total. The highest BCUT2D eigenvalue weighted by Crippen LogP contribution is 2.18. The lowest BCUT2D eigenvalue weighted by Gasteiger charge is -2.18. The van der Waals surface area contributed by atoms with E-state index in [1.807, 2.05) is 30.3 Å². The van der Waals surface area contributed by atoms with Crippen LogP contribution in [0.25, 0.3) is 0 Å². The Balaban J connectivity index is 1.73. The van der Waals surface area contributed by atoms with Gasteiger partial charge in [0.15, 0.2) is 0 Å². The van der Waals surface area contributed by atoms with E-state index in [0.29, 0.717) is 25.4 Å². The first-order valence-corrected chi connectivity index (χ1v) is 7.98. The second kappa shape index (κ2) is 8.80. The summed E-state index contributed by atoms with van der Waals surface area (Å²) in [6.07, 6.45) is 5.86. The Hall–Kier alpha value is -1.39. The Labute approximate surface area is 126 Å². The third kappa shape index (κ3) is 5.48. The third-order valence-corrected chi connectivity index (χ3v) is 4.08. The van der Waals surface area contributed by atoms with Crippen LogP contribution >= 0.6 is 0 Å². The fourth-order valence-electron chi connectivity index (χ4n) is 2.93. The van der Waals surface area contributed by atoms with Crippen LogP contribution in [0.1, 0.15) is 50.1 Å². The fourth-order valence-corrected chi connectivity index (χ4v) is 2.93. The number of carbonyl (C=O) groups is 1. The topological polar surface area (TPSA) is 61.4 Å². The number of hydrogen-bond acceptors (Lipinski definition) is 3. The largest absolute Gasteiger partial charge is 0.396 e. The second-order valence-electron chi connectivity index (χ2n) is 5.73. The summed E-state index contributed by atoms with van der Waals surface area (Å²) in [4.78, 5) is 11.9. The molecule has 0 aliphatic heterocycles. The third-order valence-electron chi connectivity index (χ3n) is 4.08. The quantitative estimate of drug-likeness (QED) is 0.687. The smallest absolute Gasteiger partial charge is 0.221 e. The molecule has 0 saturated heterocycles. The predicted molar refractivity (Wildman–Crippen MR) is 83.9 cm³/mol. The molecule has 1 fully saturated rings. The van der Waals surface area contributed by atoms with Crippen LogP contribution in [0.2, 0.25) is 0 Å². The molecule has 1 atom stereocenters. The summed E-state index contributed by atoms with van der Waals surface area (Å²) in [6.45, 7) is 0.777. The van der Waals surface area contributed by atoms with Gasteiger partial charge >= 0.3 is 0 Å². The molecule has 1 aliphatic carbocycles. The maximum Gasteiger partial charge on any atom is 0.221 e. The van der Waals surface area contributed by atoms with Crippen LogP contribution in [0, 0.1) is 0 Å². The fraction of sp³-hybridized carbons (Fsp3) is 0.588. The van der Waals surface area contributed by atoms with E-state index >= 15 is 0 Å². The Morgan fingerprint density at radius 3 is 2.62 bits per heavy atom. The molecule has 1 aliphatic rings. The molecular formula is C17H26N2O2. The number of nitrogens with one attached hydrogen (secondary N) is 2. The molecular weight excluding hydrogens is 264 g/mol. The first kappa shape index (κ1) is 16.0. The normalized spacial score (nSPS) is 16.8. The van der Waals surface area contributed by atoms with Gasteiger partial charge in [0.25, 0.3) is 0 Å². The Bertz CT molecular complexity index is 416. The monoisotopic (exact) mass is 290 g/mol. The molecule has 116 valence electrons. The Kier molecular flexibility index (Phi) is 6.70. The maximum absolute atomic E-state index is 11.9. The molecule has 1 unspecified atom stereocenters. The maximum atomic E-state index is 11.9. The Morgan fingerprint density at radius 2 is 1.95 bits per heavy atom. The van der Waals surface area contributed by atoms with E-state index in [9.17, 15) is 9.90 Å². The Morgan fingerprint density at radius 1 is 1.24 bits per heavy atom. The van der Waals surface area contributed by atoms with Crippen molar-refractivity contribution in [2.45, 2.75) is 50.6 Å². The second-order valence-corrected chi connectivity index (χ2v) is 5.73. The van der Waals surface area contributed by atoms with E-state index in [0.717, 1.165) is 18.4 Å². The molecule has 1 aromatic carbocycles. The van der Waals surface area contributed by atoms with Gasteiger partial charge in [-0.2, -0.15) is 0 Å². The van der Waals surface area contributed by atoms with Gasteiger partial charge in [-0.3, -0.25) is 4.79 Å². The van der Waals surface area contributed by atoms with E-state index in [-0.39, 0.29) is 18.6 Å². The first-order chi connectivity index (χ1) is 10.3. The van der Waals surface area contributed by atoms with Crippen molar-refractivity contribution < 1.29 is 9.90 Å². The molecule has 2 rings (SSSR count). The van der Waals surface area contributed by atoms with Crippen molar-refractivity contribution in [3.05, 3.63) is 35.9 Å². The van der Waals surface area contributed by atoms with Crippen molar-refractivity contribution in [1.29, 1.82) is 0 Å². The predicted octanol–water partition coefficient (Wildman–Crippen LogP) is 2.15. The molecule has 0 aromatic heterocycles. The first-order valence-electron chi connectivity index (χ1n) is 7.98. The van der Waals surface area contributed by atoms with Crippen molar-refractivity contribution in [1.82, 2.24) is 10.6 Å². The van der Waals surface area contributed by atoms with Gasteiger partial charge in [-0.05, 0) is 24.8 Å². The van der Waals surface area contributed by atoms with Gasteiger partial charge in [0.1, 0.15) is 0 Å². The van der Waals surface area contributed by atoms with Crippen LogP contribution in [-0.2, 0) is 4.79 Å². The SMILES string of the molecule is O=C(CCNC(CCO)c1ccccc1)NC1CCCC1. The van der Waals surface area contributed by atoms with Gasteiger partial charge in [-0.15, -0.1) is 0 Å². The average molecular weight is 290 g/mol. The standard InChI is InChI=1S/C17H26N2O2/c20-13-11-16(14-6-2-1-3-7-14)18-12-10-17(21)19-15-8-4-5-9-15/h1-3,6-7,15-16,18,20H,4-5,8-13H2,(H,19,21). The number of hydrogen-bond donors (Lipinski definition) is 3. The van der Waals surface area contributed by atoms with Crippen LogP contribution in [0.4, 0.5) is 0 Å². The molecule has 4 heteroatoms. The van der Waals surface area contributed by atoms with Crippen LogP contribution in [-0.4, -0.2) is 30.2 Å². The van der Waals surface area contributed by atoms with Crippen LogP contribution in [0.15, 0.2) is 30.3 Å². The molecule has 0 spiro atoms. The number of aliphatic hydroxyl groups is 1. The van der Waals surface area contributed by atoms with Crippen molar-refractivity contribution in [2.75, 3.05) is 13.2 Å². The number of carbonyl (C=O) groups excluding carboxylic acids is 1. The zero-order chi connectivity index (χ0) is 14.9. The molecule has 0 radical (unpaired) electrons. The molecule has 1 amide bonds. The van der Waals surface area contributed by atoms with E-state index in [2.05, 4.69) is 10.6 Å². The zero-order valence-corrected chi connectivity index (χ0v) is 12.6. The highest BCUT2D eigenvalue weighted by Gasteiger charge is 2.17. The number of amides is 1. The van der Waals surface area contributed by atoms with Gasteiger partial charge in [0.2, 0.25) is 5.91 Å². The number of aliphatic hydroxyl groups excluding tert-OH is 1. The van der Waals surface area contributed by atoms with Crippen molar-refractivity contribution in [3.8, 4) is 0 Å². The van der Waals surface area contributed by atoms with Gasteiger partial charge in [-0.25, -0.2) is 0 Å². The minimum Gasteiger partial charge on any atom is -0.396 e. The van der Waals surface area contributed by atoms with Crippen LogP contribution < -0.4 is 10.6 Å². The van der Waals surface area contributed by atoms with E-state index in [1.54, 1.807) is 0 Å². The minimum atomic E-state index is 0.107. The average Bonchev–Trinajstić information content (AvgIpc) is 3.00. The van der Waals surface area contributed by atoms with E-state index < -0.39 is 0 Å². The highest BCUT2D eigenvalue weighted by molar-refractivity contribution is 5.76. The molecule has 0 heterocycles. The lowest BCUT2D eigenvalue weighted by Crippen LogP contribution is -2.35. The molecule has 0 bridgehead atoms. The minimum absolute atomic E-state index is 0.107. The van der Waals surface area contributed by atoms with Gasteiger partial charge in [0.05, 0.1) is 0 Å². The molecule has 1 aromatic rings. The lowest BCUT2D eigenvalue weighted by atomic mass is 10.0. The van der Waals surface area contributed by atoms with Crippen molar-refractivity contribution in [2.24, 2.45) is 0 Å². The van der Waals surface area contributed by atoms with E-state index in [1.165, 1.54) is 12.8 Å². The van der Waals surface area contributed by atoms with Crippen LogP contribution in [0.3, 0.4) is 0 Å². The summed E-state index contributed by atoms with van der Waals surface area (Å²) in [5.41, 5.74) is 1.16. The molecule has 1 saturated carbocycles. The molecule has 3 N–H and O–H groups in total. The zero-order valence-electron chi connectivity index (χ0n) is 12.6. The summed E-state index contributed by atoms with van der Waals surface area (Å²) in [5.74, 6) is 0.130.